The standard InChI is InChI=1S/C23H27FN3O11P/c1-14(2)35-20(30)15(3)37-39(33,38-16-8-5-4-6-9-16)34-13-17-19(29)23(32,10-7-11-24)21(36-17)27-22(31)26-18(28)12-25-27/h4-6,8-9,12,14-15,17,19,21,29,32H,11,13H2,1-3H3,(H,26,28,31)/t15-,17+,19-,21+,23?,39-/m0/s1. The number of carbonyl (C=O) groups is 1. The molecular weight excluding hydrogens is 544 g/mol. The van der Waals surface area contributed by atoms with Crippen molar-refractivity contribution in [3.05, 3.63) is 57.4 Å². The van der Waals surface area contributed by atoms with Crippen LogP contribution in [0.5, 0.6) is 5.75 Å². The second kappa shape index (κ2) is 12.6. The molecule has 1 unspecified atom stereocenters. The Bertz CT molecular complexity index is 1370. The Morgan fingerprint density at radius 1 is 1.31 bits per heavy atom. The van der Waals surface area contributed by atoms with E-state index in [1.165, 1.54) is 19.1 Å². The fraction of sp³-hybridized carbons (Fsp3) is 0.478. The number of aromatic amines is 1. The van der Waals surface area contributed by atoms with Gasteiger partial charge in [-0.05, 0) is 32.9 Å². The minimum atomic E-state index is -4.65. The number of alkyl halides is 1. The minimum Gasteiger partial charge on any atom is -0.461 e. The van der Waals surface area contributed by atoms with Crippen molar-refractivity contribution in [1.29, 1.82) is 0 Å². The Kier molecular flexibility index (Phi) is 9.78. The van der Waals surface area contributed by atoms with Crippen LogP contribution in [0.1, 0.15) is 27.0 Å². The number of para-hydroxylation sites is 1. The van der Waals surface area contributed by atoms with E-state index in [1.807, 2.05) is 10.9 Å². The lowest BCUT2D eigenvalue weighted by Gasteiger charge is -2.25. The highest BCUT2D eigenvalue weighted by Gasteiger charge is 2.57. The molecule has 3 N–H and O–H groups in total. The summed E-state index contributed by atoms with van der Waals surface area (Å²) in [5.74, 6) is 3.24. The van der Waals surface area contributed by atoms with Crippen LogP contribution >= 0.6 is 7.82 Å². The SMILES string of the molecule is CC(C)OC(=O)[C@H](C)O[P@](=O)(OC[C@H]1O[C@@H](n2ncc(=O)[nH]c2=O)C(O)(C#CCF)[C@H]1O)Oc1ccccc1. The highest BCUT2D eigenvalue weighted by molar-refractivity contribution is 7.49. The van der Waals surface area contributed by atoms with E-state index in [0.29, 0.717) is 10.9 Å². The quantitative estimate of drug-likeness (QED) is 0.203. The van der Waals surface area contributed by atoms with Crippen molar-refractivity contribution in [1.82, 2.24) is 14.8 Å². The molecule has 16 heteroatoms. The zero-order chi connectivity index (χ0) is 28.8. The summed E-state index contributed by atoms with van der Waals surface area (Å²) in [6.07, 6.45) is -6.59. The number of ether oxygens (including phenoxy) is 2. The van der Waals surface area contributed by atoms with E-state index in [-0.39, 0.29) is 5.75 Å². The summed E-state index contributed by atoms with van der Waals surface area (Å²) in [4.78, 5) is 37.8. The summed E-state index contributed by atoms with van der Waals surface area (Å²) in [5, 5.41) is 25.5. The molecule has 0 saturated carbocycles. The van der Waals surface area contributed by atoms with Crippen molar-refractivity contribution in [3.8, 4) is 17.6 Å². The number of H-pyrrole nitrogens is 1. The molecule has 0 bridgehead atoms. The molecule has 1 saturated heterocycles. The first kappa shape index (κ1) is 30.2. The van der Waals surface area contributed by atoms with E-state index in [1.54, 1.807) is 32.0 Å². The minimum absolute atomic E-state index is 0.0466. The Balaban J connectivity index is 1.88. The van der Waals surface area contributed by atoms with Gasteiger partial charge in [-0.1, -0.05) is 30.0 Å². The first-order valence-corrected chi connectivity index (χ1v) is 13.0. The number of nitrogens with zero attached hydrogens (tertiary/aromatic N) is 2. The number of phosphoric acid groups is 1. The van der Waals surface area contributed by atoms with Crippen LogP contribution in [0.2, 0.25) is 0 Å². The number of carbonyl (C=O) groups excluding carboxylic acids is 1. The number of benzene rings is 1. The molecule has 1 aliphatic heterocycles. The monoisotopic (exact) mass is 571 g/mol. The van der Waals surface area contributed by atoms with Crippen molar-refractivity contribution in [3.63, 3.8) is 0 Å². The maximum absolute atomic E-state index is 13.6. The number of aliphatic hydroxyl groups excluding tert-OH is 1. The van der Waals surface area contributed by atoms with Crippen LogP contribution in [0.25, 0.3) is 0 Å². The van der Waals surface area contributed by atoms with Crippen LogP contribution in [0.3, 0.4) is 0 Å². The number of nitrogens with one attached hydrogen (secondary N) is 1. The molecular formula is C23H27FN3O11P. The van der Waals surface area contributed by atoms with Crippen molar-refractivity contribution in [2.75, 3.05) is 13.3 Å². The van der Waals surface area contributed by atoms with Gasteiger partial charge in [-0.2, -0.15) is 9.78 Å². The Morgan fingerprint density at radius 2 is 2.00 bits per heavy atom. The second-order valence-corrected chi connectivity index (χ2v) is 10.0. The van der Waals surface area contributed by atoms with Gasteiger partial charge in [0.15, 0.2) is 12.3 Å². The van der Waals surface area contributed by atoms with Crippen LogP contribution in [-0.4, -0.2) is 74.2 Å². The maximum Gasteiger partial charge on any atom is 0.530 e. The van der Waals surface area contributed by atoms with Crippen LogP contribution in [0.4, 0.5) is 4.39 Å². The number of esters is 1. The number of hydrogen-bond acceptors (Lipinski definition) is 12. The summed E-state index contributed by atoms with van der Waals surface area (Å²) >= 11 is 0. The number of aromatic nitrogens is 3. The van der Waals surface area contributed by atoms with Crippen LogP contribution in [0.15, 0.2) is 46.1 Å². The Morgan fingerprint density at radius 3 is 2.62 bits per heavy atom. The summed E-state index contributed by atoms with van der Waals surface area (Å²) in [6, 6.07) is 7.68. The third-order valence-corrected chi connectivity index (χ3v) is 6.60. The highest BCUT2D eigenvalue weighted by atomic mass is 31.2. The molecule has 6 atom stereocenters. The van der Waals surface area contributed by atoms with E-state index in [4.69, 9.17) is 23.0 Å². The van der Waals surface area contributed by atoms with Gasteiger partial charge in [0.2, 0.25) is 5.60 Å². The van der Waals surface area contributed by atoms with Gasteiger partial charge in [0.1, 0.15) is 30.8 Å². The Hall–Kier alpha value is -3.38. The normalized spacial score (nSPS) is 24.8. The molecule has 2 heterocycles. The third-order valence-electron chi connectivity index (χ3n) is 5.13. The molecule has 212 valence electrons. The first-order valence-electron chi connectivity index (χ1n) is 11.6. The van der Waals surface area contributed by atoms with Gasteiger partial charge >= 0.3 is 19.5 Å². The summed E-state index contributed by atoms with van der Waals surface area (Å²) < 4.78 is 53.5. The fourth-order valence-corrected chi connectivity index (χ4v) is 4.75. The predicted molar refractivity (Wildman–Crippen MR) is 130 cm³/mol. The number of rotatable bonds is 10. The molecule has 1 aromatic carbocycles. The largest absolute Gasteiger partial charge is 0.530 e. The van der Waals surface area contributed by atoms with E-state index in [9.17, 15) is 33.6 Å². The molecule has 1 aliphatic rings. The molecule has 0 radical (unpaired) electrons. The molecule has 0 amide bonds. The lowest BCUT2D eigenvalue weighted by Crippen LogP contribution is -2.49. The van der Waals surface area contributed by atoms with Crippen LogP contribution in [-0.2, 0) is 27.9 Å². The van der Waals surface area contributed by atoms with Crippen molar-refractivity contribution in [2.45, 2.75) is 57.0 Å². The second-order valence-electron chi connectivity index (χ2n) is 8.50. The molecule has 0 spiro atoms. The number of hydrogen-bond donors (Lipinski definition) is 3. The highest BCUT2D eigenvalue weighted by Crippen LogP contribution is 2.51. The molecule has 2 aromatic rings. The third kappa shape index (κ3) is 7.39. The van der Waals surface area contributed by atoms with Gasteiger partial charge in [-0.3, -0.25) is 18.8 Å². The van der Waals surface area contributed by atoms with E-state index in [0.717, 1.165) is 0 Å². The fourth-order valence-electron chi connectivity index (χ4n) is 3.41. The number of halogens is 1. The average molecular weight is 571 g/mol. The van der Waals surface area contributed by atoms with Gasteiger partial charge in [0.25, 0.3) is 5.56 Å². The zero-order valence-electron chi connectivity index (χ0n) is 21.1. The van der Waals surface area contributed by atoms with Gasteiger partial charge < -0.3 is 24.2 Å². The van der Waals surface area contributed by atoms with Crippen molar-refractivity contribution in [2.24, 2.45) is 0 Å². The Labute approximate surface area is 221 Å². The zero-order valence-corrected chi connectivity index (χ0v) is 21.9. The van der Waals surface area contributed by atoms with Gasteiger partial charge in [-0.15, -0.1) is 0 Å². The first-order chi connectivity index (χ1) is 18.4. The van der Waals surface area contributed by atoms with Gasteiger partial charge in [-0.25, -0.2) is 18.5 Å². The van der Waals surface area contributed by atoms with E-state index >= 15 is 0 Å². The summed E-state index contributed by atoms with van der Waals surface area (Å²) in [7, 11) is -4.65. The topological polar surface area (TPSA) is 188 Å². The number of aliphatic hydroxyl groups is 2. The lowest BCUT2D eigenvalue weighted by atomic mass is 9.95. The maximum atomic E-state index is 13.6. The van der Waals surface area contributed by atoms with Crippen LogP contribution < -0.4 is 15.8 Å². The molecule has 14 nitrogen and oxygen atoms in total. The molecule has 39 heavy (non-hydrogen) atoms. The molecule has 0 aliphatic carbocycles. The summed E-state index contributed by atoms with van der Waals surface area (Å²) in [6.45, 7) is 2.45. The van der Waals surface area contributed by atoms with Gasteiger partial charge in [0, 0.05) is 0 Å². The van der Waals surface area contributed by atoms with Crippen molar-refractivity contribution < 1.29 is 47.0 Å². The van der Waals surface area contributed by atoms with E-state index < -0.39 is 74.6 Å². The van der Waals surface area contributed by atoms with Crippen LogP contribution in [0, 0.1) is 11.8 Å². The molecule has 3 rings (SSSR count). The molecule has 1 aromatic heterocycles. The lowest BCUT2D eigenvalue weighted by molar-refractivity contribution is -0.156. The predicted octanol–water partition coefficient (Wildman–Crippen LogP) is 0.454. The number of phosphoric ester groups is 1. The molecule has 1 fully saturated rings. The smallest absolute Gasteiger partial charge is 0.461 e. The van der Waals surface area contributed by atoms with E-state index in [2.05, 4.69) is 11.0 Å². The average Bonchev–Trinajstić information content (AvgIpc) is 3.11. The van der Waals surface area contributed by atoms with Crippen molar-refractivity contribution >= 4 is 13.8 Å². The van der Waals surface area contributed by atoms with Gasteiger partial charge in [0.05, 0.1) is 12.7 Å². The summed E-state index contributed by atoms with van der Waals surface area (Å²) in [5.41, 5.74) is -4.59.